The van der Waals surface area contributed by atoms with Crippen molar-refractivity contribution in [2.45, 2.75) is 27.7 Å². The summed E-state index contributed by atoms with van der Waals surface area (Å²) < 4.78 is 0. The van der Waals surface area contributed by atoms with Gasteiger partial charge in [0, 0.05) is 19.0 Å². The van der Waals surface area contributed by atoms with E-state index in [0.29, 0.717) is 11.8 Å². The standard InChI is InChI=1S/C11H19NO2/c1-7(2)9-5-12(6-9)11(14)10(13)8(3)4/h7-9H,5-6H2,1-4H3. The average molecular weight is 197 g/mol. The van der Waals surface area contributed by atoms with Crippen LogP contribution in [0.25, 0.3) is 0 Å². The second-order valence-corrected chi connectivity index (χ2v) is 4.73. The number of amides is 1. The molecule has 0 aromatic heterocycles. The van der Waals surface area contributed by atoms with Crippen molar-refractivity contribution in [1.82, 2.24) is 4.90 Å². The molecule has 0 bridgehead atoms. The van der Waals surface area contributed by atoms with Crippen LogP contribution in [0.5, 0.6) is 0 Å². The number of rotatable bonds is 3. The van der Waals surface area contributed by atoms with Gasteiger partial charge in [0.2, 0.25) is 5.78 Å². The van der Waals surface area contributed by atoms with Crippen LogP contribution in [-0.4, -0.2) is 29.7 Å². The Labute approximate surface area is 85.5 Å². The van der Waals surface area contributed by atoms with Gasteiger partial charge in [0.25, 0.3) is 5.91 Å². The van der Waals surface area contributed by atoms with Gasteiger partial charge in [-0.15, -0.1) is 0 Å². The van der Waals surface area contributed by atoms with Gasteiger partial charge < -0.3 is 4.90 Å². The first-order valence-corrected chi connectivity index (χ1v) is 5.26. The molecule has 1 fully saturated rings. The molecule has 1 rings (SSSR count). The molecule has 0 atom stereocenters. The van der Waals surface area contributed by atoms with Gasteiger partial charge in [-0.1, -0.05) is 27.7 Å². The number of carbonyl (C=O) groups excluding carboxylic acids is 2. The summed E-state index contributed by atoms with van der Waals surface area (Å²) in [6.07, 6.45) is 0. The minimum absolute atomic E-state index is 0.180. The normalized spacial score (nSPS) is 17.4. The number of Topliss-reactive ketones (excluding diaryl/α,β-unsaturated/α-hetero) is 1. The van der Waals surface area contributed by atoms with Crippen LogP contribution in [0.1, 0.15) is 27.7 Å². The molecule has 1 heterocycles. The molecule has 0 aromatic carbocycles. The Bertz CT molecular complexity index is 240. The fraction of sp³-hybridized carbons (Fsp3) is 0.818. The summed E-state index contributed by atoms with van der Waals surface area (Å²) in [7, 11) is 0. The molecule has 1 amide bonds. The lowest BCUT2D eigenvalue weighted by Gasteiger charge is -2.41. The quantitative estimate of drug-likeness (QED) is 0.640. The largest absolute Gasteiger partial charge is 0.335 e. The monoisotopic (exact) mass is 197 g/mol. The molecular formula is C11H19NO2. The van der Waals surface area contributed by atoms with E-state index in [2.05, 4.69) is 13.8 Å². The second kappa shape index (κ2) is 4.11. The van der Waals surface area contributed by atoms with Crippen LogP contribution in [0.3, 0.4) is 0 Å². The summed E-state index contributed by atoms with van der Waals surface area (Å²) in [5, 5.41) is 0. The Hall–Kier alpha value is -0.860. The minimum atomic E-state index is -0.295. The van der Waals surface area contributed by atoms with Gasteiger partial charge in [0.1, 0.15) is 0 Å². The van der Waals surface area contributed by atoms with Crippen LogP contribution < -0.4 is 0 Å². The molecule has 0 saturated carbocycles. The number of ketones is 1. The van der Waals surface area contributed by atoms with Gasteiger partial charge in [0.15, 0.2) is 0 Å². The minimum Gasteiger partial charge on any atom is -0.335 e. The van der Waals surface area contributed by atoms with E-state index in [4.69, 9.17) is 0 Å². The number of likely N-dealkylation sites (tertiary alicyclic amines) is 1. The third-order valence-corrected chi connectivity index (χ3v) is 2.87. The Morgan fingerprint density at radius 2 is 1.64 bits per heavy atom. The predicted octanol–water partition coefficient (Wildman–Crippen LogP) is 1.33. The van der Waals surface area contributed by atoms with Crippen molar-refractivity contribution in [2.75, 3.05) is 13.1 Å². The Morgan fingerprint density at radius 3 is 2.00 bits per heavy atom. The number of carbonyl (C=O) groups is 2. The SMILES string of the molecule is CC(C)C(=O)C(=O)N1CC(C(C)C)C1. The van der Waals surface area contributed by atoms with Crippen LogP contribution in [0.15, 0.2) is 0 Å². The Kier molecular flexibility index (Phi) is 3.29. The van der Waals surface area contributed by atoms with E-state index < -0.39 is 0 Å². The van der Waals surface area contributed by atoms with Crippen molar-refractivity contribution in [1.29, 1.82) is 0 Å². The molecule has 0 spiro atoms. The molecule has 1 saturated heterocycles. The van der Waals surface area contributed by atoms with Crippen LogP contribution in [-0.2, 0) is 9.59 Å². The van der Waals surface area contributed by atoms with Gasteiger partial charge in [0.05, 0.1) is 0 Å². The van der Waals surface area contributed by atoms with E-state index >= 15 is 0 Å². The lowest BCUT2D eigenvalue weighted by molar-refractivity contribution is -0.151. The molecule has 0 aliphatic carbocycles. The van der Waals surface area contributed by atoms with E-state index in [0.717, 1.165) is 13.1 Å². The molecular weight excluding hydrogens is 178 g/mol. The molecule has 0 unspecified atom stereocenters. The van der Waals surface area contributed by atoms with Crippen molar-refractivity contribution in [3.05, 3.63) is 0 Å². The number of hydrogen-bond donors (Lipinski definition) is 0. The third-order valence-electron chi connectivity index (χ3n) is 2.87. The first-order valence-electron chi connectivity index (χ1n) is 5.26. The summed E-state index contributed by atoms with van der Waals surface area (Å²) in [5.41, 5.74) is 0. The highest BCUT2D eigenvalue weighted by molar-refractivity contribution is 6.36. The molecule has 3 heteroatoms. The zero-order chi connectivity index (χ0) is 10.9. The van der Waals surface area contributed by atoms with Gasteiger partial charge >= 0.3 is 0 Å². The number of nitrogens with zero attached hydrogens (tertiary/aromatic N) is 1. The van der Waals surface area contributed by atoms with Crippen LogP contribution in [0.4, 0.5) is 0 Å². The fourth-order valence-electron chi connectivity index (χ4n) is 1.50. The summed E-state index contributed by atoms with van der Waals surface area (Å²) >= 11 is 0. The van der Waals surface area contributed by atoms with Gasteiger partial charge in [-0.05, 0) is 11.8 Å². The van der Waals surface area contributed by atoms with Crippen LogP contribution in [0.2, 0.25) is 0 Å². The maximum atomic E-state index is 11.5. The zero-order valence-electron chi connectivity index (χ0n) is 9.41. The molecule has 0 radical (unpaired) electrons. The summed E-state index contributed by atoms with van der Waals surface area (Å²) in [5.74, 6) is 0.455. The Morgan fingerprint density at radius 1 is 1.14 bits per heavy atom. The van der Waals surface area contributed by atoms with Gasteiger partial charge in [-0.25, -0.2) is 0 Å². The molecule has 1 aliphatic rings. The molecule has 1 aliphatic heterocycles. The van der Waals surface area contributed by atoms with Crippen LogP contribution in [0, 0.1) is 17.8 Å². The van der Waals surface area contributed by atoms with Crippen molar-refractivity contribution in [2.24, 2.45) is 17.8 Å². The van der Waals surface area contributed by atoms with Gasteiger partial charge in [-0.2, -0.15) is 0 Å². The fourth-order valence-corrected chi connectivity index (χ4v) is 1.50. The predicted molar refractivity (Wildman–Crippen MR) is 54.8 cm³/mol. The zero-order valence-corrected chi connectivity index (χ0v) is 9.41. The highest BCUT2D eigenvalue weighted by atomic mass is 16.2. The summed E-state index contributed by atoms with van der Waals surface area (Å²) in [6.45, 7) is 9.34. The second-order valence-electron chi connectivity index (χ2n) is 4.73. The first-order chi connectivity index (χ1) is 6.43. The van der Waals surface area contributed by atoms with Crippen molar-refractivity contribution in [3.63, 3.8) is 0 Å². The smallest absolute Gasteiger partial charge is 0.290 e. The first kappa shape index (κ1) is 11.2. The lowest BCUT2D eigenvalue weighted by Crippen LogP contribution is -2.54. The highest BCUT2D eigenvalue weighted by Gasteiger charge is 2.35. The van der Waals surface area contributed by atoms with E-state index in [1.165, 1.54) is 0 Å². The van der Waals surface area contributed by atoms with E-state index in [1.807, 2.05) is 0 Å². The molecule has 80 valence electrons. The van der Waals surface area contributed by atoms with Gasteiger partial charge in [-0.3, -0.25) is 9.59 Å². The van der Waals surface area contributed by atoms with Crippen molar-refractivity contribution in [3.8, 4) is 0 Å². The maximum Gasteiger partial charge on any atom is 0.290 e. The number of hydrogen-bond acceptors (Lipinski definition) is 2. The average Bonchev–Trinajstić information content (AvgIpc) is 1.98. The van der Waals surface area contributed by atoms with Crippen molar-refractivity contribution >= 4 is 11.7 Å². The van der Waals surface area contributed by atoms with Crippen molar-refractivity contribution < 1.29 is 9.59 Å². The topological polar surface area (TPSA) is 37.4 Å². The molecule has 3 nitrogen and oxygen atoms in total. The maximum absolute atomic E-state index is 11.5. The molecule has 14 heavy (non-hydrogen) atoms. The van der Waals surface area contributed by atoms with E-state index in [-0.39, 0.29) is 17.6 Å². The third kappa shape index (κ3) is 2.14. The van der Waals surface area contributed by atoms with E-state index in [9.17, 15) is 9.59 Å². The lowest BCUT2D eigenvalue weighted by atomic mass is 9.88. The summed E-state index contributed by atoms with van der Waals surface area (Å²) in [4.78, 5) is 24.5. The molecule has 0 aromatic rings. The van der Waals surface area contributed by atoms with Crippen LogP contribution >= 0.6 is 0 Å². The van der Waals surface area contributed by atoms with E-state index in [1.54, 1.807) is 18.7 Å². The highest BCUT2D eigenvalue weighted by Crippen LogP contribution is 2.23. The summed E-state index contributed by atoms with van der Waals surface area (Å²) in [6, 6.07) is 0. The Balaban J connectivity index is 2.40. The molecule has 0 N–H and O–H groups in total.